The smallest absolute Gasteiger partial charge is 0.381 e. The van der Waals surface area contributed by atoms with E-state index in [2.05, 4.69) is 16.0 Å². The zero-order valence-corrected chi connectivity index (χ0v) is 19.4. The van der Waals surface area contributed by atoms with Gasteiger partial charge in [0.1, 0.15) is 11.9 Å². The molecule has 0 bridgehead atoms. The number of halogens is 4. The maximum absolute atomic E-state index is 13.9. The number of hydrogen-bond donors (Lipinski definition) is 4. The number of hydrogen-bond acceptors (Lipinski definition) is 5. The van der Waals surface area contributed by atoms with Crippen LogP contribution in [0.15, 0.2) is 24.3 Å². The average molecular weight is 504 g/mol. The Bertz CT molecular complexity index is 886. The summed E-state index contributed by atoms with van der Waals surface area (Å²) in [5, 5.41) is 18.3. The van der Waals surface area contributed by atoms with Crippen molar-refractivity contribution in [1.29, 1.82) is 0 Å². The highest BCUT2D eigenvalue weighted by Crippen LogP contribution is 2.40. The molecule has 188 valence electrons. The van der Waals surface area contributed by atoms with E-state index in [-0.39, 0.29) is 17.4 Å². The van der Waals surface area contributed by atoms with E-state index in [1.807, 2.05) is 0 Å². The van der Waals surface area contributed by atoms with Crippen LogP contribution in [0.1, 0.15) is 50.1 Å². The SMILES string of the molecule is O=C(NC1(C(O)C(=O)NC2CC2)CC1)C(CSCC1CC1)NC(c1ccc(F)cc1)C(F)(F)F. The van der Waals surface area contributed by atoms with Crippen LogP contribution in [0.5, 0.6) is 0 Å². The van der Waals surface area contributed by atoms with Gasteiger partial charge in [0.15, 0.2) is 6.10 Å². The Morgan fingerprint density at radius 1 is 1.09 bits per heavy atom. The van der Waals surface area contributed by atoms with Crippen LogP contribution in [0.25, 0.3) is 0 Å². The molecule has 0 aromatic heterocycles. The number of carbonyl (C=O) groups is 2. The van der Waals surface area contributed by atoms with Crippen LogP contribution < -0.4 is 16.0 Å². The van der Waals surface area contributed by atoms with Gasteiger partial charge in [-0.15, -0.1) is 0 Å². The van der Waals surface area contributed by atoms with E-state index in [1.165, 1.54) is 11.8 Å². The quantitative estimate of drug-likeness (QED) is 0.330. The monoisotopic (exact) mass is 503 g/mol. The molecule has 0 spiro atoms. The number of benzene rings is 1. The van der Waals surface area contributed by atoms with Gasteiger partial charge in [-0.3, -0.25) is 14.9 Å². The summed E-state index contributed by atoms with van der Waals surface area (Å²) < 4.78 is 55.0. The Labute approximate surface area is 199 Å². The maximum Gasteiger partial charge on any atom is 0.407 e. The molecule has 0 radical (unpaired) electrons. The van der Waals surface area contributed by atoms with Crippen LogP contribution in [0.4, 0.5) is 17.6 Å². The fraction of sp³-hybridized carbons (Fsp3) is 0.652. The molecule has 3 aliphatic rings. The van der Waals surface area contributed by atoms with Crippen molar-refractivity contribution in [2.24, 2.45) is 5.92 Å². The summed E-state index contributed by atoms with van der Waals surface area (Å²) >= 11 is 1.40. The van der Waals surface area contributed by atoms with Gasteiger partial charge in [-0.05, 0) is 67.9 Å². The first kappa shape index (κ1) is 25.2. The van der Waals surface area contributed by atoms with Crippen LogP contribution in [-0.2, 0) is 9.59 Å². The van der Waals surface area contributed by atoms with E-state index in [4.69, 9.17) is 0 Å². The molecule has 4 N–H and O–H groups in total. The molecular formula is C23H29F4N3O3S. The number of thioether (sulfide) groups is 1. The lowest BCUT2D eigenvalue weighted by atomic mass is 10.0. The summed E-state index contributed by atoms with van der Waals surface area (Å²) in [5.41, 5.74) is -1.37. The predicted octanol–water partition coefficient (Wildman–Crippen LogP) is 2.82. The minimum absolute atomic E-state index is 0.0325. The highest BCUT2D eigenvalue weighted by atomic mass is 32.2. The highest BCUT2D eigenvalue weighted by molar-refractivity contribution is 7.99. The van der Waals surface area contributed by atoms with Crippen LogP contribution >= 0.6 is 11.8 Å². The van der Waals surface area contributed by atoms with Gasteiger partial charge in [0, 0.05) is 11.8 Å². The first-order valence-electron chi connectivity index (χ1n) is 11.5. The van der Waals surface area contributed by atoms with E-state index in [0.29, 0.717) is 18.8 Å². The molecule has 6 nitrogen and oxygen atoms in total. The number of carbonyl (C=O) groups excluding carboxylic acids is 2. The van der Waals surface area contributed by atoms with Gasteiger partial charge in [-0.1, -0.05) is 12.1 Å². The van der Waals surface area contributed by atoms with Crippen molar-refractivity contribution in [3.63, 3.8) is 0 Å². The molecule has 34 heavy (non-hydrogen) atoms. The molecule has 0 aliphatic heterocycles. The molecule has 3 atom stereocenters. The summed E-state index contributed by atoms with van der Waals surface area (Å²) in [4.78, 5) is 25.4. The second kappa shape index (κ2) is 10.0. The number of amides is 2. The third-order valence-electron chi connectivity index (χ3n) is 6.41. The number of nitrogens with one attached hydrogen (secondary N) is 3. The largest absolute Gasteiger partial charge is 0.407 e. The van der Waals surface area contributed by atoms with Crippen molar-refractivity contribution in [3.05, 3.63) is 35.6 Å². The van der Waals surface area contributed by atoms with E-state index in [1.54, 1.807) is 0 Å². The summed E-state index contributed by atoms with van der Waals surface area (Å²) in [6, 6.07) is 0.606. The molecule has 0 saturated heterocycles. The zero-order chi connectivity index (χ0) is 24.5. The molecule has 4 rings (SSSR count). The predicted molar refractivity (Wildman–Crippen MR) is 119 cm³/mol. The van der Waals surface area contributed by atoms with Gasteiger partial charge in [-0.2, -0.15) is 24.9 Å². The molecule has 3 aliphatic carbocycles. The van der Waals surface area contributed by atoms with E-state index >= 15 is 0 Å². The first-order chi connectivity index (χ1) is 16.1. The summed E-state index contributed by atoms with van der Waals surface area (Å²) in [5.74, 6) is -0.574. The highest BCUT2D eigenvalue weighted by Gasteiger charge is 2.54. The number of alkyl halides is 3. The van der Waals surface area contributed by atoms with E-state index in [0.717, 1.165) is 55.7 Å². The Morgan fingerprint density at radius 2 is 1.74 bits per heavy atom. The van der Waals surface area contributed by atoms with Crippen LogP contribution in [0.3, 0.4) is 0 Å². The van der Waals surface area contributed by atoms with Gasteiger partial charge >= 0.3 is 6.18 Å². The van der Waals surface area contributed by atoms with Crippen LogP contribution in [-0.4, -0.2) is 58.3 Å². The minimum atomic E-state index is -4.72. The van der Waals surface area contributed by atoms with Gasteiger partial charge < -0.3 is 15.7 Å². The molecule has 3 unspecified atom stereocenters. The minimum Gasteiger partial charge on any atom is -0.381 e. The summed E-state index contributed by atoms with van der Waals surface area (Å²) in [6.07, 6.45) is -1.64. The molecule has 1 aromatic rings. The zero-order valence-electron chi connectivity index (χ0n) is 18.5. The lowest BCUT2D eigenvalue weighted by molar-refractivity contribution is -0.160. The molecule has 0 heterocycles. The fourth-order valence-corrected chi connectivity index (χ4v) is 5.05. The van der Waals surface area contributed by atoms with Crippen LogP contribution in [0, 0.1) is 11.7 Å². The molecule has 1 aromatic carbocycles. The second-order valence-electron chi connectivity index (χ2n) is 9.56. The molecule has 11 heteroatoms. The maximum atomic E-state index is 13.9. The Balaban J connectivity index is 1.46. The van der Waals surface area contributed by atoms with Crippen molar-refractivity contribution in [3.8, 4) is 0 Å². The Morgan fingerprint density at radius 3 is 2.26 bits per heavy atom. The lowest BCUT2D eigenvalue weighted by Crippen LogP contribution is -2.58. The van der Waals surface area contributed by atoms with E-state index < -0.39 is 47.5 Å². The molecule has 3 fully saturated rings. The third kappa shape index (κ3) is 6.63. The van der Waals surface area contributed by atoms with Crippen molar-refractivity contribution in [2.45, 2.75) is 74.5 Å². The van der Waals surface area contributed by atoms with Crippen molar-refractivity contribution >= 4 is 23.6 Å². The van der Waals surface area contributed by atoms with Gasteiger partial charge in [0.05, 0.1) is 11.6 Å². The van der Waals surface area contributed by atoms with Gasteiger partial charge in [0.25, 0.3) is 5.91 Å². The number of rotatable bonds is 12. The fourth-order valence-electron chi connectivity index (χ4n) is 3.77. The van der Waals surface area contributed by atoms with Crippen LogP contribution in [0.2, 0.25) is 0 Å². The topological polar surface area (TPSA) is 90.5 Å². The molecule has 2 amide bonds. The normalized spacial score (nSPS) is 21.9. The first-order valence-corrected chi connectivity index (χ1v) is 12.7. The lowest BCUT2D eigenvalue weighted by Gasteiger charge is -2.30. The Kier molecular flexibility index (Phi) is 7.44. The molecular weight excluding hydrogens is 474 g/mol. The molecule has 3 saturated carbocycles. The van der Waals surface area contributed by atoms with Gasteiger partial charge in [-0.25, -0.2) is 4.39 Å². The summed E-state index contributed by atoms with van der Waals surface area (Å²) in [7, 11) is 0. The van der Waals surface area contributed by atoms with Crippen molar-refractivity contribution < 1.29 is 32.3 Å². The number of aliphatic hydroxyl groups is 1. The standard InChI is InChI=1S/C23H29F4N3O3S/c24-15-5-3-14(4-6-15)18(23(25,26)27)29-17(12-34-11-13-1-2-13)20(32)30-22(9-10-22)19(31)21(33)28-16-7-8-16/h3-6,13,16-19,29,31H,1-2,7-12H2,(H,28,33)(H,30,32). The van der Waals surface area contributed by atoms with Crippen molar-refractivity contribution in [2.75, 3.05) is 11.5 Å². The van der Waals surface area contributed by atoms with E-state index in [9.17, 15) is 32.3 Å². The van der Waals surface area contributed by atoms with Crippen molar-refractivity contribution in [1.82, 2.24) is 16.0 Å². The van der Waals surface area contributed by atoms with Gasteiger partial charge in [0.2, 0.25) is 5.91 Å². The second-order valence-corrected chi connectivity index (χ2v) is 10.6. The number of aliphatic hydroxyl groups excluding tert-OH is 1. The Hall–Kier alpha value is -1.85. The third-order valence-corrected chi connectivity index (χ3v) is 7.68. The average Bonchev–Trinajstić information content (AvgIpc) is 3.62. The summed E-state index contributed by atoms with van der Waals surface area (Å²) in [6.45, 7) is 0.